The van der Waals surface area contributed by atoms with E-state index in [0.29, 0.717) is 11.5 Å². The molecule has 5 aromatic carbocycles. The van der Waals surface area contributed by atoms with Crippen LogP contribution in [0.1, 0.15) is 79.5 Å². The molecular formula is C56H51N8OPt-3. The third kappa shape index (κ3) is 8.26. The van der Waals surface area contributed by atoms with Crippen molar-refractivity contribution < 1.29 is 25.8 Å². The predicted octanol–water partition coefficient (Wildman–Crippen LogP) is 13.8. The van der Waals surface area contributed by atoms with Crippen molar-refractivity contribution in [3.05, 3.63) is 176 Å². The summed E-state index contributed by atoms with van der Waals surface area (Å²) < 4.78 is 8.83. The molecule has 0 unspecified atom stereocenters. The van der Waals surface area contributed by atoms with Crippen molar-refractivity contribution in [1.82, 2.24) is 29.5 Å². The number of para-hydroxylation sites is 4. The van der Waals surface area contributed by atoms with Crippen molar-refractivity contribution in [2.45, 2.75) is 78.6 Å². The van der Waals surface area contributed by atoms with Crippen LogP contribution < -0.4 is 14.5 Å². The first kappa shape index (κ1) is 44.5. The molecule has 0 radical (unpaired) electrons. The Labute approximate surface area is 401 Å². The van der Waals surface area contributed by atoms with Gasteiger partial charge in [0.15, 0.2) is 0 Å². The summed E-state index contributed by atoms with van der Waals surface area (Å²) in [5, 5.41) is 2.20. The van der Waals surface area contributed by atoms with Gasteiger partial charge in [-0.05, 0) is 46.7 Å². The second-order valence-electron chi connectivity index (χ2n) is 19.7. The molecule has 1 aliphatic rings. The molecule has 0 fully saturated rings. The van der Waals surface area contributed by atoms with Crippen LogP contribution >= 0.6 is 0 Å². The van der Waals surface area contributed by atoms with E-state index in [1.165, 1.54) is 5.56 Å². The van der Waals surface area contributed by atoms with Gasteiger partial charge >= 0.3 is 0 Å². The summed E-state index contributed by atoms with van der Waals surface area (Å²) in [6.07, 6.45) is 9.60. The minimum absolute atomic E-state index is 0. The topological polar surface area (TPSA) is 85.1 Å². The fourth-order valence-electron chi connectivity index (χ4n) is 8.39. The van der Waals surface area contributed by atoms with E-state index in [0.717, 1.165) is 84.3 Å². The number of rotatable bonds is 7. The molecule has 66 heavy (non-hydrogen) atoms. The van der Waals surface area contributed by atoms with Crippen molar-refractivity contribution in [2.24, 2.45) is 0 Å². The summed E-state index contributed by atoms with van der Waals surface area (Å²) in [4.78, 5) is 28.6. The van der Waals surface area contributed by atoms with Crippen molar-refractivity contribution in [3.8, 4) is 39.6 Å². The monoisotopic (exact) mass is 1050 g/mol. The van der Waals surface area contributed by atoms with E-state index < -0.39 is 0 Å². The number of pyridine rings is 1. The van der Waals surface area contributed by atoms with Crippen molar-refractivity contribution in [3.63, 3.8) is 0 Å². The molecule has 0 saturated heterocycles. The summed E-state index contributed by atoms with van der Waals surface area (Å²) in [7, 11) is 0. The molecule has 9 nitrogen and oxygen atoms in total. The maximum absolute atomic E-state index is 6.65. The first-order valence-corrected chi connectivity index (χ1v) is 22.1. The number of nitrogens with zero attached hydrogens (tertiary/aromatic N) is 8. The van der Waals surface area contributed by atoms with Crippen LogP contribution in [0.3, 0.4) is 0 Å². The molecule has 0 N–H and O–H groups in total. The van der Waals surface area contributed by atoms with Crippen molar-refractivity contribution in [1.29, 1.82) is 0 Å². The molecule has 0 bridgehead atoms. The van der Waals surface area contributed by atoms with Gasteiger partial charge in [0.25, 0.3) is 0 Å². The van der Waals surface area contributed by atoms with Crippen LogP contribution in [0, 0.1) is 18.8 Å². The molecule has 10 rings (SSSR count). The van der Waals surface area contributed by atoms with Gasteiger partial charge in [-0.2, -0.15) is 12.1 Å². The Balaban J connectivity index is 0.00000548. The van der Waals surface area contributed by atoms with E-state index in [1.54, 1.807) is 0 Å². The molecule has 0 spiro atoms. The third-order valence-corrected chi connectivity index (χ3v) is 11.8. The van der Waals surface area contributed by atoms with Gasteiger partial charge in [0.05, 0.1) is 0 Å². The standard InChI is InChI=1S/C56H51N8O.Pt/c1-54(2,3)38-26-27-57-50(28-38)64-46-21-11-10-18-44(46)45-25-24-41(30-49(45)64)65-40-17-14-16-39(29-40)62-35-63(48-23-13-12-22-47(48)62)51-42(36-31-58-52(59-32-36)55(4,5)6)19-15-20-43(51)37-33-60-53(61-34-37)56(7,8)9;/h10-28,31-35H,1-9H3;/q-3;. The smallest absolute Gasteiger partial charge is 0.135 e. The molecule has 9 aromatic rings. The van der Waals surface area contributed by atoms with Gasteiger partial charge in [-0.1, -0.05) is 116 Å². The Morgan fingerprint density at radius 1 is 0.530 bits per heavy atom. The first-order valence-electron chi connectivity index (χ1n) is 22.1. The van der Waals surface area contributed by atoms with Crippen LogP contribution in [0.4, 0.5) is 22.7 Å². The van der Waals surface area contributed by atoms with Crippen LogP contribution in [-0.2, 0) is 37.3 Å². The minimum atomic E-state index is -0.187. The van der Waals surface area contributed by atoms with Gasteiger partial charge in [0.1, 0.15) is 17.5 Å². The zero-order chi connectivity index (χ0) is 45.3. The third-order valence-electron chi connectivity index (χ3n) is 11.8. The average Bonchev–Trinajstić information content (AvgIpc) is 3.84. The van der Waals surface area contributed by atoms with Crippen LogP contribution in [0.2, 0.25) is 0 Å². The summed E-state index contributed by atoms with van der Waals surface area (Å²) >= 11 is 0. The largest absolute Gasteiger partial charge is 0.509 e. The molecule has 0 amide bonds. The Morgan fingerprint density at radius 3 is 1.73 bits per heavy atom. The number of fused-ring (bicyclic) bond motifs is 4. The van der Waals surface area contributed by atoms with E-state index in [1.807, 2.05) is 55.2 Å². The molecule has 334 valence electrons. The van der Waals surface area contributed by atoms with Gasteiger partial charge in [0.2, 0.25) is 0 Å². The number of anilines is 4. The second-order valence-corrected chi connectivity index (χ2v) is 19.7. The summed E-state index contributed by atoms with van der Waals surface area (Å²) in [6.45, 7) is 21.5. The van der Waals surface area contributed by atoms with E-state index in [9.17, 15) is 0 Å². The van der Waals surface area contributed by atoms with Gasteiger partial charge in [0, 0.05) is 119 Å². The summed E-state index contributed by atoms with van der Waals surface area (Å²) in [5.74, 6) is 3.55. The molecule has 0 saturated carbocycles. The van der Waals surface area contributed by atoms with E-state index >= 15 is 0 Å². The fraction of sp³-hybridized carbons (Fsp3) is 0.214. The molecular weight excluding hydrogens is 996 g/mol. The number of hydrogen-bond donors (Lipinski definition) is 0. The average molecular weight is 1050 g/mol. The maximum atomic E-state index is 6.65. The van der Waals surface area contributed by atoms with Crippen LogP contribution in [0.25, 0.3) is 49.9 Å². The Hall–Kier alpha value is -6.70. The zero-order valence-corrected chi connectivity index (χ0v) is 40.9. The Bertz CT molecular complexity index is 3160. The molecule has 0 aliphatic carbocycles. The maximum Gasteiger partial charge on any atom is 0.135 e. The van der Waals surface area contributed by atoms with Gasteiger partial charge < -0.3 is 19.1 Å². The summed E-state index contributed by atoms with van der Waals surface area (Å²) in [6, 6.07) is 44.7. The number of benzene rings is 5. The molecule has 0 atom stereocenters. The molecule has 4 aromatic heterocycles. The van der Waals surface area contributed by atoms with Crippen molar-refractivity contribution in [2.75, 3.05) is 9.80 Å². The van der Waals surface area contributed by atoms with Gasteiger partial charge in [-0.3, -0.25) is 0 Å². The zero-order valence-electron chi connectivity index (χ0n) is 38.7. The molecule has 5 heterocycles. The van der Waals surface area contributed by atoms with E-state index in [-0.39, 0.29) is 37.3 Å². The second kappa shape index (κ2) is 16.9. The van der Waals surface area contributed by atoms with Gasteiger partial charge in [-0.25, -0.2) is 24.9 Å². The number of ether oxygens (including phenoxy) is 1. The first-order chi connectivity index (χ1) is 31.1. The van der Waals surface area contributed by atoms with Crippen LogP contribution in [-0.4, -0.2) is 29.5 Å². The van der Waals surface area contributed by atoms with Gasteiger partial charge in [-0.15, -0.1) is 48.1 Å². The quantitative estimate of drug-likeness (QED) is 0.146. The molecule has 10 heteroatoms. The van der Waals surface area contributed by atoms with Crippen LogP contribution in [0.5, 0.6) is 11.5 Å². The Morgan fingerprint density at radius 2 is 1.11 bits per heavy atom. The molecule has 1 aliphatic heterocycles. The number of hydrogen-bond acceptors (Lipinski definition) is 8. The predicted molar refractivity (Wildman–Crippen MR) is 262 cm³/mol. The van der Waals surface area contributed by atoms with Crippen LogP contribution in [0.15, 0.2) is 140 Å². The SMILES string of the molecule is CC(C)(C)c1ccnc(-n2c3[c-]c(Oc4[c-]c(N5[CH-]N(c6c(-c7cnc(C(C)(C)C)nc7)cccc6-c6cnc(C(C)(C)C)nc6)c6ccccc65)ccc4)ccc3c3ccccc32)c1.[Pt]. The summed E-state index contributed by atoms with van der Waals surface area (Å²) in [5.41, 5.74) is 10.2. The normalized spacial score (nSPS) is 13.0. The Kier molecular flexibility index (Phi) is 11.4. The van der Waals surface area contributed by atoms with E-state index in [4.69, 9.17) is 29.7 Å². The van der Waals surface area contributed by atoms with Crippen molar-refractivity contribution >= 4 is 44.6 Å². The fourth-order valence-corrected chi connectivity index (χ4v) is 8.39. The minimum Gasteiger partial charge on any atom is -0.509 e. The van der Waals surface area contributed by atoms with E-state index in [2.05, 4.69) is 180 Å². The number of aromatic nitrogens is 6.